The molecule has 4 heteroatoms. The highest BCUT2D eigenvalue weighted by Crippen LogP contribution is 2.27. The molecule has 0 fully saturated rings. The molecule has 0 aliphatic heterocycles. The van der Waals surface area contributed by atoms with E-state index in [1.54, 1.807) is 30.5 Å². The van der Waals surface area contributed by atoms with Crippen molar-refractivity contribution in [2.24, 2.45) is 5.73 Å². The molecule has 120 valence electrons. The van der Waals surface area contributed by atoms with Crippen molar-refractivity contribution in [2.45, 2.75) is 12.8 Å². The minimum Gasteiger partial charge on any atom is -0.366 e. The number of amides is 1. The summed E-state index contributed by atoms with van der Waals surface area (Å²) >= 11 is 0. The molecule has 0 aliphatic carbocycles. The van der Waals surface area contributed by atoms with Crippen LogP contribution in [0.25, 0.3) is 11.1 Å². The number of rotatable bonds is 4. The number of carbonyl (C=O) groups is 1. The summed E-state index contributed by atoms with van der Waals surface area (Å²) in [5.41, 5.74) is 9.64. The van der Waals surface area contributed by atoms with E-state index in [0.717, 1.165) is 22.4 Å². The van der Waals surface area contributed by atoms with Gasteiger partial charge in [0, 0.05) is 23.4 Å². The molecule has 3 aromatic rings. The van der Waals surface area contributed by atoms with Gasteiger partial charge in [-0.3, -0.25) is 9.78 Å². The average molecular weight is 320 g/mol. The van der Waals surface area contributed by atoms with Crippen molar-refractivity contribution < 1.29 is 9.18 Å². The highest BCUT2D eigenvalue weighted by Gasteiger charge is 2.11. The fourth-order valence-electron chi connectivity index (χ4n) is 2.61. The summed E-state index contributed by atoms with van der Waals surface area (Å²) in [7, 11) is 0. The van der Waals surface area contributed by atoms with E-state index in [9.17, 15) is 9.18 Å². The Morgan fingerprint density at radius 3 is 2.29 bits per heavy atom. The summed E-state index contributed by atoms with van der Waals surface area (Å²) in [6.45, 7) is 2.04. The molecule has 1 amide bonds. The summed E-state index contributed by atoms with van der Waals surface area (Å²) < 4.78 is 13.1. The number of nitrogens with two attached hydrogens (primary N) is 1. The van der Waals surface area contributed by atoms with Crippen LogP contribution in [0.15, 0.2) is 66.9 Å². The third-order valence-electron chi connectivity index (χ3n) is 4.10. The van der Waals surface area contributed by atoms with E-state index < -0.39 is 5.91 Å². The molecule has 1 aromatic heterocycles. The van der Waals surface area contributed by atoms with Crippen LogP contribution in [0.5, 0.6) is 0 Å². The molecule has 1 atom stereocenters. The molecule has 24 heavy (non-hydrogen) atoms. The third-order valence-corrected chi connectivity index (χ3v) is 4.10. The largest absolute Gasteiger partial charge is 0.366 e. The summed E-state index contributed by atoms with van der Waals surface area (Å²) in [5, 5.41) is 0. The van der Waals surface area contributed by atoms with Crippen molar-refractivity contribution in [1.82, 2.24) is 4.98 Å². The molecule has 3 rings (SSSR count). The summed E-state index contributed by atoms with van der Waals surface area (Å²) in [4.78, 5) is 15.6. The molecule has 2 N–H and O–H groups in total. The number of carbonyl (C=O) groups excluding carboxylic acids is 1. The fraction of sp³-hybridized carbons (Fsp3) is 0.100. The molecule has 0 radical (unpaired) electrons. The Hall–Kier alpha value is -3.01. The molecule has 0 aliphatic rings. The number of halogens is 1. The maximum atomic E-state index is 13.1. The van der Waals surface area contributed by atoms with E-state index in [1.165, 1.54) is 12.1 Å². The van der Waals surface area contributed by atoms with Gasteiger partial charge < -0.3 is 5.73 Å². The second kappa shape index (κ2) is 6.62. The first-order chi connectivity index (χ1) is 11.5. The predicted molar refractivity (Wildman–Crippen MR) is 92.1 cm³/mol. The predicted octanol–water partition coefficient (Wildman–Crippen LogP) is 4.14. The van der Waals surface area contributed by atoms with Crippen LogP contribution in [-0.2, 0) is 0 Å². The fourth-order valence-corrected chi connectivity index (χ4v) is 2.61. The van der Waals surface area contributed by atoms with Crippen LogP contribution >= 0.6 is 0 Å². The molecular weight excluding hydrogens is 303 g/mol. The van der Waals surface area contributed by atoms with Crippen molar-refractivity contribution in [3.8, 4) is 11.1 Å². The van der Waals surface area contributed by atoms with E-state index in [-0.39, 0.29) is 11.7 Å². The second-order valence-corrected chi connectivity index (χ2v) is 5.68. The van der Waals surface area contributed by atoms with Crippen molar-refractivity contribution in [3.63, 3.8) is 0 Å². The lowest BCUT2D eigenvalue weighted by Crippen LogP contribution is -2.10. The molecule has 1 heterocycles. The number of benzene rings is 2. The number of nitrogens with zero attached hydrogens (tertiary/aromatic N) is 1. The van der Waals surface area contributed by atoms with Crippen molar-refractivity contribution in [3.05, 3.63) is 89.5 Å². The number of hydrogen-bond acceptors (Lipinski definition) is 2. The quantitative estimate of drug-likeness (QED) is 0.785. The minimum absolute atomic E-state index is 0.0513. The first-order valence-corrected chi connectivity index (χ1v) is 7.66. The van der Waals surface area contributed by atoms with Crippen molar-refractivity contribution in [2.75, 3.05) is 0 Å². The van der Waals surface area contributed by atoms with Crippen LogP contribution in [0.3, 0.4) is 0 Å². The van der Waals surface area contributed by atoms with Gasteiger partial charge in [0.05, 0.1) is 0 Å². The Bertz CT molecular complexity index is 858. The Morgan fingerprint density at radius 2 is 1.67 bits per heavy atom. The van der Waals surface area contributed by atoms with Gasteiger partial charge in [-0.05, 0) is 53.1 Å². The van der Waals surface area contributed by atoms with Gasteiger partial charge in [0.1, 0.15) is 5.82 Å². The molecular formula is C20H17FN2O. The van der Waals surface area contributed by atoms with Gasteiger partial charge in [0.15, 0.2) is 0 Å². The Balaban J connectivity index is 1.91. The Labute approximate surface area is 140 Å². The minimum atomic E-state index is -0.443. The summed E-state index contributed by atoms with van der Waals surface area (Å²) in [6, 6.07) is 17.5. The zero-order chi connectivity index (χ0) is 17.1. The SMILES string of the molecule is C[C@H](c1ccc(F)cc1)c1cc(-c2ccc(C(N)=O)cc2)ccn1. The average Bonchev–Trinajstić information content (AvgIpc) is 2.62. The van der Waals surface area contributed by atoms with Gasteiger partial charge >= 0.3 is 0 Å². The molecule has 2 aromatic carbocycles. The highest BCUT2D eigenvalue weighted by molar-refractivity contribution is 5.93. The van der Waals surface area contributed by atoms with Crippen LogP contribution in [-0.4, -0.2) is 10.9 Å². The maximum absolute atomic E-state index is 13.1. The Morgan fingerprint density at radius 1 is 1.00 bits per heavy atom. The van der Waals surface area contributed by atoms with Gasteiger partial charge in [-0.15, -0.1) is 0 Å². The number of hydrogen-bond donors (Lipinski definition) is 1. The van der Waals surface area contributed by atoms with Gasteiger partial charge in [-0.2, -0.15) is 0 Å². The lowest BCUT2D eigenvalue weighted by atomic mass is 9.95. The molecule has 0 unspecified atom stereocenters. The standard InChI is InChI=1S/C20H17FN2O/c1-13(14-6-8-18(21)9-7-14)19-12-17(10-11-23-19)15-2-4-16(5-3-15)20(22)24/h2-13H,1H3,(H2,22,24)/t13-/m1/s1. The Kier molecular flexibility index (Phi) is 4.38. The van der Waals surface area contributed by atoms with Gasteiger partial charge in [0.2, 0.25) is 5.91 Å². The van der Waals surface area contributed by atoms with E-state index in [2.05, 4.69) is 4.98 Å². The molecule has 0 bridgehead atoms. The van der Waals surface area contributed by atoms with Crippen LogP contribution in [0.2, 0.25) is 0 Å². The number of primary amides is 1. The smallest absolute Gasteiger partial charge is 0.248 e. The van der Waals surface area contributed by atoms with E-state index in [4.69, 9.17) is 5.73 Å². The third kappa shape index (κ3) is 3.33. The zero-order valence-corrected chi connectivity index (χ0v) is 13.2. The van der Waals surface area contributed by atoms with Crippen molar-refractivity contribution in [1.29, 1.82) is 0 Å². The summed E-state index contributed by atoms with van der Waals surface area (Å²) in [6.07, 6.45) is 1.76. The van der Waals surface area contributed by atoms with Gasteiger partial charge in [0.25, 0.3) is 0 Å². The lowest BCUT2D eigenvalue weighted by Gasteiger charge is -2.13. The maximum Gasteiger partial charge on any atom is 0.248 e. The normalized spacial score (nSPS) is 11.9. The van der Waals surface area contributed by atoms with Crippen molar-refractivity contribution >= 4 is 5.91 Å². The number of aromatic nitrogens is 1. The molecule has 0 spiro atoms. The number of pyridine rings is 1. The highest BCUT2D eigenvalue weighted by atomic mass is 19.1. The molecule has 3 nitrogen and oxygen atoms in total. The zero-order valence-electron chi connectivity index (χ0n) is 13.2. The van der Waals surface area contributed by atoms with E-state index in [1.807, 2.05) is 31.2 Å². The van der Waals surface area contributed by atoms with Gasteiger partial charge in [-0.1, -0.05) is 31.2 Å². The van der Waals surface area contributed by atoms with Crippen LogP contribution in [0, 0.1) is 5.82 Å². The van der Waals surface area contributed by atoms with Crippen LogP contribution in [0.1, 0.15) is 34.5 Å². The topological polar surface area (TPSA) is 56.0 Å². The first-order valence-electron chi connectivity index (χ1n) is 7.66. The molecule has 0 saturated carbocycles. The lowest BCUT2D eigenvalue weighted by molar-refractivity contribution is 0.100. The van der Waals surface area contributed by atoms with Gasteiger partial charge in [-0.25, -0.2) is 4.39 Å². The van der Waals surface area contributed by atoms with Crippen LogP contribution in [0.4, 0.5) is 4.39 Å². The summed E-state index contributed by atoms with van der Waals surface area (Å²) in [5.74, 6) is -0.639. The molecule has 0 saturated heterocycles. The van der Waals surface area contributed by atoms with Crippen LogP contribution < -0.4 is 5.73 Å². The van der Waals surface area contributed by atoms with E-state index in [0.29, 0.717) is 5.56 Å². The second-order valence-electron chi connectivity index (χ2n) is 5.68. The van der Waals surface area contributed by atoms with E-state index >= 15 is 0 Å². The first kappa shape index (κ1) is 15.9. The monoisotopic (exact) mass is 320 g/mol.